The summed E-state index contributed by atoms with van der Waals surface area (Å²) in [5.74, 6) is 0.827. The Balaban J connectivity index is 1.43. The zero-order valence-corrected chi connectivity index (χ0v) is 20.6. The van der Waals surface area contributed by atoms with Crippen molar-refractivity contribution in [1.82, 2.24) is 4.31 Å². The standard InChI is InChI=1S/C27H30N2O4S/c1-19-16-20(2)26(21(3)17-19)34(31,32)29-15-7-8-22(18-29)27(30)28-23-11-13-25(14-12-23)33-24-9-5-4-6-10-24/h4-6,9-14,16-17,22H,7-8,15,18H2,1-3H3,(H,28,30)/t22-/m1/s1. The molecule has 6 nitrogen and oxygen atoms in total. The van der Waals surface area contributed by atoms with Crippen LogP contribution in [0.15, 0.2) is 71.6 Å². The molecule has 4 rings (SSSR count). The van der Waals surface area contributed by atoms with E-state index >= 15 is 0 Å². The highest BCUT2D eigenvalue weighted by atomic mass is 32.2. The summed E-state index contributed by atoms with van der Waals surface area (Å²) < 4.78 is 34.1. The Morgan fingerprint density at radius 2 is 1.56 bits per heavy atom. The van der Waals surface area contributed by atoms with Crippen molar-refractivity contribution in [2.75, 3.05) is 18.4 Å². The van der Waals surface area contributed by atoms with Crippen molar-refractivity contribution in [2.45, 2.75) is 38.5 Å². The van der Waals surface area contributed by atoms with E-state index in [4.69, 9.17) is 4.74 Å². The van der Waals surface area contributed by atoms with Crippen LogP contribution in [0, 0.1) is 26.7 Å². The highest BCUT2D eigenvalue weighted by Gasteiger charge is 2.34. The van der Waals surface area contributed by atoms with Crippen LogP contribution in [0.2, 0.25) is 0 Å². The number of hydrogen-bond donors (Lipinski definition) is 1. The zero-order chi connectivity index (χ0) is 24.3. The van der Waals surface area contributed by atoms with Crippen molar-refractivity contribution in [1.29, 1.82) is 0 Å². The van der Waals surface area contributed by atoms with Gasteiger partial charge in [0.25, 0.3) is 0 Å². The first-order chi connectivity index (χ1) is 16.2. The molecule has 1 heterocycles. The molecule has 3 aromatic rings. The number of hydrogen-bond acceptors (Lipinski definition) is 4. The predicted octanol–water partition coefficient (Wildman–Crippen LogP) is 5.44. The van der Waals surface area contributed by atoms with Gasteiger partial charge in [-0.2, -0.15) is 4.31 Å². The Morgan fingerprint density at radius 3 is 2.21 bits per heavy atom. The van der Waals surface area contributed by atoms with Crippen LogP contribution in [0.1, 0.15) is 29.5 Å². The number of carbonyl (C=O) groups is 1. The first-order valence-electron chi connectivity index (χ1n) is 11.5. The first kappa shape index (κ1) is 24.0. The number of piperidine rings is 1. The summed E-state index contributed by atoms with van der Waals surface area (Å²) in [7, 11) is -3.68. The molecule has 178 valence electrons. The third kappa shape index (κ3) is 5.32. The third-order valence-corrected chi connectivity index (χ3v) is 8.23. The Kier molecular flexibility index (Phi) is 7.05. The minimum absolute atomic E-state index is 0.172. The van der Waals surface area contributed by atoms with E-state index in [1.807, 2.05) is 63.2 Å². The molecule has 1 fully saturated rings. The lowest BCUT2D eigenvalue weighted by Crippen LogP contribution is -2.44. The summed E-state index contributed by atoms with van der Waals surface area (Å²) in [5.41, 5.74) is 3.16. The molecule has 0 saturated carbocycles. The maximum Gasteiger partial charge on any atom is 0.243 e. The maximum atomic E-state index is 13.4. The van der Waals surface area contributed by atoms with Gasteiger partial charge in [-0.1, -0.05) is 35.9 Å². The van der Waals surface area contributed by atoms with Gasteiger partial charge in [0.1, 0.15) is 11.5 Å². The van der Waals surface area contributed by atoms with Crippen LogP contribution in [0.3, 0.4) is 0 Å². The highest BCUT2D eigenvalue weighted by Crippen LogP contribution is 2.29. The number of carbonyl (C=O) groups excluding carboxylic acids is 1. The number of para-hydroxylation sites is 1. The fraction of sp³-hybridized carbons (Fsp3) is 0.296. The van der Waals surface area contributed by atoms with Gasteiger partial charge >= 0.3 is 0 Å². The molecule has 1 aliphatic heterocycles. The topological polar surface area (TPSA) is 75.7 Å². The molecule has 1 amide bonds. The predicted molar refractivity (Wildman–Crippen MR) is 134 cm³/mol. The molecule has 0 bridgehead atoms. The Bertz CT molecular complexity index is 1250. The summed E-state index contributed by atoms with van der Waals surface area (Å²) in [6.45, 7) is 6.21. The van der Waals surface area contributed by atoms with Gasteiger partial charge < -0.3 is 10.1 Å². The normalized spacial score (nSPS) is 16.7. The second-order valence-electron chi connectivity index (χ2n) is 8.86. The Hall–Kier alpha value is -3.16. The summed E-state index contributed by atoms with van der Waals surface area (Å²) in [5, 5.41) is 2.93. The number of ether oxygens (including phenoxy) is 1. The van der Waals surface area contributed by atoms with Crippen LogP contribution in [-0.2, 0) is 14.8 Å². The van der Waals surface area contributed by atoms with Crippen molar-refractivity contribution < 1.29 is 17.9 Å². The molecule has 0 unspecified atom stereocenters. The van der Waals surface area contributed by atoms with E-state index < -0.39 is 15.9 Å². The molecule has 0 spiro atoms. The fourth-order valence-corrected chi connectivity index (χ4v) is 6.49. The van der Waals surface area contributed by atoms with Gasteiger partial charge in [-0.15, -0.1) is 0 Å². The number of benzene rings is 3. The van der Waals surface area contributed by atoms with Crippen molar-refractivity contribution >= 4 is 21.6 Å². The second kappa shape index (κ2) is 9.99. The second-order valence-corrected chi connectivity index (χ2v) is 10.7. The lowest BCUT2D eigenvalue weighted by Gasteiger charge is -2.32. The van der Waals surface area contributed by atoms with E-state index in [2.05, 4.69) is 5.32 Å². The molecule has 3 aromatic carbocycles. The molecule has 0 aliphatic carbocycles. The van der Waals surface area contributed by atoms with E-state index in [-0.39, 0.29) is 12.5 Å². The summed E-state index contributed by atoms with van der Waals surface area (Å²) in [6, 6.07) is 20.4. The van der Waals surface area contributed by atoms with Crippen molar-refractivity contribution in [2.24, 2.45) is 5.92 Å². The Labute approximate surface area is 201 Å². The molecule has 0 aromatic heterocycles. The lowest BCUT2D eigenvalue weighted by molar-refractivity contribution is -0.120. The van der Waals surface area contributed by atoms with Crippen LogP contribution in [0.5, 0.6) is 11.5 Å². The van der Waals surface area contributed by atoms with Crippen LogP contribution in [0.4, 0.5) is 5.69 Å². The molecular formula is C27H30N2O4S. The van der Waals surface area contributed by atoms with Gasteiger partial charge in [-0.05, 0) is 81.1 Å². The largest absolute Gasteiger partial charge is 0.457 e. The molecule has 34 heavy (non-hydrogen) atoms. The average molecular weight is 479 g/mol. The molecule has 0 radical (unpaired) electrons. The lowest BCUT2D eigenvalue weighted by atomic mass is 9.98. The third-order valence-electron chi connectivity index (χ3n) is 6.06. The number of amides is 1. The molecule has 7 heteroatoms. The maximum absolute atomic E-state index is 13.4. The van der Waals surface area contributed by atoms with Crippen molar-refractivity contribution in [3.8, 4) is 11.5 Å². The summed E-state index contributed by atoms with van der Waals surface area (Å²) >= 11 is 0. The highest BCUT2D eigenvalue weighted by molar-refractivity contribution is 7.89. The van der Waals surface area contributed by atoms with Gasteiger partial charge in [-0.25, -0.2) is 8.42 Å². The number of nitrogens with zero attached hydrogens (tertiary/aromatic N) is 1. The van der Waals surface area contributed by atoms with Gasteiger partial charge in [0.15, 0.2) is 0 Å². The smallest absolute Gasteiger partial charge is 0.243 e. The first-order valence-corrected chi connectivity index (χ1v) is 12.9. The number of nitrogens with one attached hydrogen (secondary N) is 1. The average Bonchev–Trinajstić information content (AvgIpc) is 2.80. The van der Waals surface area contributed by atoms with Gasteiger partial charge in [0.05, 0.1) is 10.8 Å². The van der Waals surface area contributed by atoms with E-state index in [1.165, 1.54) is 4.31 Å². The number of sulfonamides is 1. The number of rotatable bonds is 6. The van der Waals surface area contributed by atoms with Crippen LogP contribution in [-0.4, -0.2) is 31.7 Å². The number of aryl methyl sites for hydroxylation is 3. The van der Waals surface area contributed by atoms with Crippen molar-refractivity contribution in [3.05, 3.63) is 83.4 Å². The molecule has 1 atom stereocenters. The minimum atomic E-state index is -3.68. The van der Waals surface area contributed by atoms with Crippen LogP contribution >= 0.6 is 0 Å². The molecular weight excluding hydrogens is 448 g/mol. The van der Waals surface area contributed by atoms with E-state index in [1.54, 1.807) is 24.3 Å². The molecule has 1 saturated heterocycles. The fourth-order valence-electron chi connectivity index (χ4n) is 4.55. The van der Waals surface area contributed by atoms with E-state index in [0.717, 1.165) is 22.4 Å². The summed E-state index contributed by atoms with van der Waals surface area (Å²) in [6.07, 6.45) is 1.30. The van der Waals surface area contributed by atoms with Gasteiger partial charge in [0, 0.05) is 18.8 Å². The van der Waals surface area contributed by atoms with E-state index in [0.29, 0.717) is 35.7 Å². The Morgan fingerprint density at radius 1 is 0.941 bits per heavy atom. The molecule has 1 N–H and O–H groups in total. The van der Waals surface area contributed by atoms with Gasteiger partial charge in [-0.3, -0.25) is 4.79 Å². The van der Waals surface area contributed by atoms with Gasteiger partial charge in [0.2, 0.25) is 15.9 Å². The van der Waals surface area contributed by atoms with Crippen LogP contribution in [0.25, 0.3) is 0 Å². The number of anilines is 1. The zero-order valence-electron chi connectivity index (χ0n) is 19.7. The summed E-state index contributed by atoms with van der Waals surface area (Å²) in [4.78, 5) is 13.3. The monoisotopic (exact) mass is 478 g/mol. The molecule has 1 aliphatic rings. The van der Waals surface area contributed by atoms with E-state index in [9.17, 15) is 13.2 Å². The van der Waals surface area contributed by atoms with Crippen molar-refractivity contribution in [3.63, 3.8) is 0 Å². The quantitative estimate of drug-likeness (QED) is 0.512. The van der Waals surface area contributed by atoms with Crippen LogP contribution < -0.4 is 10.1 Å². The SMILES string of the molecule is Cc1cc(C)c(S(=O)(=O)N2CCC[C@@H](C(=O)Nc3ccc(Oc4ccccc4)cc3)C2)c(C)c1. The minimum Gasteiger partial charge on any atom is -0.457 e.